The van der Waals surface area contributed by atoms with E-state index >= 15 is 0 Å². The van der Waals surface area contributed by atoms with E-state index in [0.29, 0.717) is 31.9 Å². The number of nitro groups is 1. The second kappa shape index (κ2) is 6.62. The van der Waals surface area contributed by atoms with Gasteiger partial charge in [0.15, 0.2) is 0 Å². The van der Waals surface area contributed by atoms with E-state index in [1.54, 1.807) is 18.2 Å². The van der Waals surface area contributed by atoms with E-state index in [4.69, 9.17) is 0 Å². The Bertz CT molecular complexity index is 754. The molecule has 0 radical (unpaired) electrons. The lowest BCUT2D eigenvalue weighted by Gasteiger charge is -2.37. The van der Waals surface area contributed by atoms with Gasteiger partial charge in [0, 0.05) is 49.7 Å². The highest BCUT2D eigenvalue weighted by atomic mass is 19.4. The van der Waals surface area contributed by atoms with Crippen molar-refractivity contribution in [2.75, 3.05) is 36.0 Å². The molecule has 2 aromatic carbocycles. The third kappa shape index (κ3) is 3.84. The summed E-state index contributed by atoms with van der Waals surface area (Å²) in [5.41, 5.74) is 0.807. The molecule has 1 aliphatic heterocycles. The van der Waals surface area contributed by atoms with Gasteiger partial charge >= 0.3 is 6.18 Å². The summed E-state index contributed by atoms with van der Waals surface area (Å²) in [7, 11) is 0. The summed E-state index contributed by atoms with van der Waals surface area (Å²) < 4.78 is 38.5. The van der Waals surface area contributed by atoms with Crippen LogP contribution < -0.4 is 9.80 Å². The summed E-state index contributed by atoms with van der Waals surface area (Å²) in [5, 5.41) is 10.7. The minimum atomic E-state index is -4.35. The van der Waals surface area contributed by atoms with Crippen molar-refractivity contribution in [1.82, 2.24) is 0 Å². The maximum Gasteiger partial charge on any atom is 0.416 e. The van der Waals surface area contributed by atoms with Crippen LogP contribution in [-0.4, -0.2) is 31.1 Å². The number of rotatable bonds is 3. The molecule has 0 aromatic heterocycles. The molecule has 1 saturated heterocycles. The Morgan fingerprint density at radius 2 is 1.44 bits per heavy atom. The highest BCUT2D eigenvalue weighted by Crippen LogP contribution is 2.32. The number of halogens is 3. The van der Waals surface area contributed by atoms with Crippen molar-refractivity contribution in [3.8, 4) is 0 Å². The van der Waals surface area contributed by atoms with Crippen molar-refractivity contribution in [1.29, 1.82) is 0 Å². The zero-order valence-electron chi connectivity index (χ0n) is 13.2. The molecule has 8 heteroatoms. The molecule has 0 saturated carbocycles. The van der Waals surface area contributed by atoms with E-state index in [1.807, 2.05) is 4.90 Å². The highest BCUT2D eigenvalue weighted by molar-refractivity contribution is 5.54. The Balaban J connectivity index is 1.67. The van der Waals surface area contributed by atoms with Crippen LogP contribution in [0, 0.1) is 10.1 Å². The first kappa shape index (κ1) is 17.1. The van der Waals surface area contributed by atoms with Gasteiger partial charge in [0.2, 0.25) is 0 Å². The Morgan fingerprint density at radius 3 is 1.96 bits per heavy atom. The second-order valence-corrected chi connectivity index (χ2v) is 5.80. The molecule has 0 atom stereocenters. The largest absolute Gasteiger partial charge is 0.416 e. The summed E-state index contributed by atoms with van der Waals surface area (Å²) in [5.74, 6) is 0. The maximum atomic E-state index is 12.8. The molecule has 3 rings (SSSR count). The molecular weight excluding hydrogens is 335 g/mol. The number of benzene rings is 2. The van der Waals surface area contributed by atoms with Crippen molar-refractivity contribution in [3.63, 3.8) is 0 Å². The summed E-state index contributed by atoms with van der Waals surface area (Å²) in [6.07, 6.45) is -4.35. The van der Waals surface area contributed by atoms with Crippen LogP contribution in [-0.2, 0) is 6.18 Å². The highest BCUT2D eigenvalue weighted by Gasteiger charge is 2.31. The first-order valence-electron chi connectivity index (χ1n) is 7.76. The van der Waals surface area contributed by atoms with Crippen LogP contribution in [0.5, 0.6) is 0 Å². The molecule has 0 aliphatic carbocycles. The summed E-state index contributed by atoms with van der Waals surface area (Å²) in [4.78, 5) is 14.2. The van der Waals surface area contributed by atoms with Crippen molar-refractivity contribution >= 4 is 17.1 Å². The van der Waals surface area contributed by atoms with Gasteiger partial charge in [-0.05, 0) is 30.3 Å². The minimum absolute atomic E-state index is 0.0337. The molecule has 0 bridgehead atoms. The lowest BCUT2D eigenvalue weighted by molar-refractivity contribution is -0.384. The van der Waals surface area contributed by atoms with E-state index < -0.39 is 16.7 Å². The second-order valence-electron chi connectivity index (χ2n) is 5.80. The Labute approximate surface area is 142 Å². The number of non-ortho nitro benzene ring substituents is 1. The van der Waals surface area contributed by atoms with E-state index in [9.17, 15) is 23.3 Å². The van der Waals surface area contributed by atoms with Gasteiger partial charge in [-0.1, -0.05) is 6.07 Å². The van der Waals surface area contributed by atoms with Gasteiger partial charge in [-0.2, -0.15) is 13.2 Å². The molecular formula is C17H16F3N3O2. The molecule has 132 valence electrons. The molecule has 0 spiro atoms. The molecule has 1 heterocycles. The zero-order valence-corrected chi connectivity index (χ0v) is 13.2. The number of hydrogen-bond donors (Lipinski definition) is 0. The standard InChI is InChI=1S/C17H16F3N3O2/c18-17(19,20)13-2-1-3-16(12-13)22-10-8-21(9-11-22)14-4-6-15(7-5-14)23(24)25/h1-7,12H,8-11H2. The van der Waals surface area contributed by atoms with Gasteiger partial charge in [-0.15, -0.1) is 0 Å². The molecule has 1 fully saturated rings. The van der Waals surface area contributed by atoms with Gasteiger partial charge in [-0.3, -0.25) is 10.1 Å². The molecule has 0 amide bonds. The van der Waals surface area contributed by atoms with Crippen LogP contribution in [0.15, 0.2) is 48.5 Å². The lowest BCUT2D eigenvalue weighted by atomic mass is 10.1. The monoisotopic (exact) mass is 351 g/mol. The van der Waals surface area contributed by atoms with Crippen molar-refractivity contribution in [3.05, 3.63) is 64.2 Å². The fraction of sp³-hybridized carbons (Fsp3) is 0.294. The third-order valence-electron chi connectivity index (χ3n) is 4.24. The molecule has 5 nitrogen and oxygen atoms in total. The summed E-state index contributed by atoms with van der Waals surface area (Å²) >= 11 is 0. The van der Waals surface area contributed by atoms with E-state index in [2.05, 4.69) is 4.90 Å². The summed E-state index contributed by atoms with van der Waals surface area (Å²) in [6, 6.07) is 11.6. The quantitative estimate of drug-likeness (QED) is 0.621. The van der Waals surface area contributed by atoms with Gasteiger partial charge < -0.3 is 9.80 Å². The van der Waals surface area contributed by atoms with Gasteiger partial charge in [0.1, 0.15) is 0 Å². The van der Waals surface area contributed by atoms with Crippen LogP contribution in [0.3, 0.4) is 0 Å². The molecule has 25 heavy (non-hydrogen) atoms. The molecule has 0 N–H and O–H groups in total. The number of piperazine rings is 1. The third-order valence-corrected chi connectivity index (χ3v) is 4.24. The van der Waals surface area contributed by atoms with Crippen LogP contribution in [0.25, 0.3) is 0 Å². The van der Waals surface area contributed by atoms with E-state index in [-0.39, 0.29) is 5.69 Å². The smallest absolute Gasteiger partial charge is 0.368 e. The maximum absolute atomic E-state index is 12.8. The first-order chi connectivity index (χ1) is 11.8. The average molecular weight is 351 g/mol. The van der Waals surface area contributed by atoms with Crippen molar-refractivity contribution in [2.45, 2.75) is 6.18 Å². The van der Waals surface area contributed by atoms with Crippen LogP contribution in [0.4, 0.5) is 30.2 Å². The molecule has 0 unspecified atom stereocenters. The molecule has 1 aliphatic rings. The van der Waals surface area contributed by atoms with Crippen molar-refractivity contribution < 1.29 is 18.1 Å². The number of nitrogens with zero attached hydrogens (tertiary/aromatic N) is 3. The van der Waals surface area contributed by atoms with E-state index in [1.165, 1.54) is 24.3 Å². The number of anilines is 2. The minimum Gasteiger partial charge on any atom is -0.368 e. The predicted molar refractivity (Wildman–Crippen MR) is 89.0 cm³/mol. The Hall–Kier alpha value is -2.77. The first-order valence-corrected chi connectivity index (χ1v) is 7.76. The van der Waals surface area contributed by atoms with Crippen molar-refractivity contribution in [2.24, 2.45) is 0 Å². The van der Waals surface area contributed by atoms with Crippen LogP contribution in [0.2, 0.25) is 0 Å². The van der Waals surface area contributed by atoms with Gasteiger partial charge in [0.05, 0.1) is 10.5 Å². The van der Waals surface area contributed by atoms with Gasteiger partial charge in [-0.25, -0.2) is 0 Å². The van der Waals surface area contributed by atoms with Crippen LogP contribution >= 0.6 is 0 Å². The fourth-order valence-corrected chi connectivity index (χ4v) is 2.89. The fourth-order valence-electron chi connectivity index (χ4n) is 2.89. The Morgan fingerprint density at radius 1 is 0.880 bits per heavy atom. The number of alkyl halides is 3. The zero-order chi connectivity index (χ0) is 18.0. The average Bonchev–Trinajstić information content (AvgIpc) is 2.61. The van der Waals surface area contributed by atoms with E-state index in [0.717, 1.165) is 11.8 Å². The predicted octanol–water partition coefficient (Wildman–Crippen LogP) is 3.94. The Kier molecular flexibility index (Phi) is 4.52. The lowest BCUT2D eigenvalue weighted by Crippen LogP contribution is -2.46. The SMILES string of the molecule is O=[N+]([O-])c1ccc(N2CCN(c3cccc(C(F)(F)F)c3)CC2)cc1. The number of hydrogen-bond acceptors (Lipinski definition) is 4. The van der Waals surface area contributed by atoms with Crippen LogP contribution in [0.1, 0.15) is 5.56 Å². The topological polar surface area (TPSA) is 49.6 Å². The van der Waals surface area contributed by atoms with Gasteiger partial charge in [0.25, 0.3) is 5.69 Å². The summed E-state index contributed by atoms with van der Waals surface area (Å²) in [6.45, 7) is 2.43. The normalized spacial score (nSPS) is 15.3. The number of nitro benzene ring substituents is 1. The molecule has 2 aromatic rings.